The van der Waals surface area contributed by atoms with Crippen molar-refractivity contribution in [1.82, 2.24) is 9.97 Å². The first kappa shape index (κ1) is 19.2. The number of H-pyrrole nitrogens is 1. The van der Waals surface area contributed by atoms with Crippen molar-refractivity contribution >= 4 is 11.5 Å². The summed E-state index contributed by atoms with van der Waals surface area (Å²) in [7, 11) is 0. The Kier molecular flexibility index (Phi) is 5.50. The summed E-state index contributed by atoms with van der Waals surface area (Å²) < 4.78 is 40.3. The number of halogens is 3. The average Bonchev–Trinajstić information content (AvgIpc) is 2.53. The fourth-order valence-corrected chi connectivity index (χ4v) is 2.17. The number of hydrogen-bond donors (Lipinski definition) is 5. The summed E-state index contributed by atoms with van der Waals surface area (Å²) in [6.45, 7) is 0.911. The van der Waals surface area contributed by atoms with Crippen LogP contribution in [0, 0.1) is 5.41 Å². The van der Waals surface area contributed by atoms with Crippen molar-refractivity contribution in [3.05, 3.63) is 45.7 Å². The van der Waals surface area contributed by atoms with Gasteiger partial charge in [0.1, 0.15) is 17.1 Å². The number of rotatable bonds is 6. The molecule has 8 nitrogen and oxygen atoms in total. The zero-order chi connectivity index (χ0) is 19.5. The fraction of sp³-hybridized carbons (Fsp3) is 0.267. The summed E-state index contributed by atoms with van der Waals surface area (Å²) in [6.07, 6.45) is -4.79. The van der Waals surface area contributed by atoms with Gasteiger partial charge in [0.25, 0.3) is 11.6 Å². The molecule has 0 saturated carbocycles. The molecule has 0 aliphatic rings. The maximum absolute atomic E-state index is 12.2. The molecule has 5 N–H and O–H groups in total. The van der Waals surface area contributed by atoms with Gasteiger partial charge in [-0.25, -0.2) is 0 Å². The number of ether oxygens (including phenoxy) is 1. The number of alkyl halides is 3. The Bertz CT molecular complexity index is 849. The Balaban J connectivity index is 2.26. The van der Waals surface area contributed by atoms with Crippen molar-refractivity contribution in [2.45, 2.75) is 19.3 Å². The fourth-order valence-electron chi connectivity index (χ4n) is 2.17. The molecule has 0 radical (unpaired) electrons. The number of nitrogens with one attached hydrogen (secondary N) is 3. The van der Waals surface area contributed by atoms with E-state index in [1.54, 1.807) is 6.92 Å². The van der Waals surface area contributed by atoms with Gasteiger partial charge in [-0.05, 0) is 24.6 Å². The second-order valence-electron chi connectivity index (χ2n) is 5.23. The van der Waals surface area contributed by atoms with Crippen molar-refractivity contribution < 1.29 is 28.1 Å². The molecule has 1 aromatic heterocycles. The van der Waals surface area contributed by atoms with Crippen LogP contribution in [0.5, 0.6) is 11.8 Å². The van der Waals surface area contributed by atoms with Crippen molar-refractivity contribution in [3.63, 3.8) is 0 Å². The minimum Gasteiger partial charge on any atom is -0.480 e. The predicted octanol–water partition coefficient (Wildman–Crippen LogP) is 1.91. The highest BCUT2D eigenvalue weighted by atomic mass is 19.4. The van der Waals surface area contributed by atoms with E-state index in [0.29, 0.717) is 5.56 Å². The van der Waals surface area contributed by atoms with Gasteiger partial charge >= 0.3 is 6.36 Å². The van der Waals surface area contributed by atoms with Gasteiger partial charge in [-0.2, -0.15) is 4.98 Å². The Labute approximate surface area is 144 Å². The maximum atomic E-state index is 12.2. The topological polar surface area (TPSA) is 131 Å². The summed E-state index contributed by atoms with van der Waals surface area (Å²) in [5.41, 5.74) is -0.959. The molecule has 1 heterocycles. The zero-order valence-electron chi connectivity index (χ0n) is 13.4. The number of aromatic nitrogens is 2. The summed E-state index contributed by atoms with van der Waals surface area (Å²) in [4.78, 5) is 17.6. The minimum absolute atomic E-state index is 0.145. The van der Waals surface area contributed by atoms with Gasteiger partial charge < -0.3 is 25.7 Å². The number of nitrogens with zero attached hydrogens (tertiary/aromatic N) is 1. The first-order valence-corrected chi connectivity index (χ1v) is 7.25. The van der Waals surface area contributed by atoms with Crippen molar-refractivity contribution in [2.24, 2.45) is 0 Å². The van der Waals surface area contributed by atoms with Gasteiger partial charge in [-0.15, -0.1) is 13.2 Å². The number of aliphatic hydroxyl groups excluding tert-OH is 1. The van der Waals surface area contributed by atoms with Crippen LogP contribution in [0.4, 0.5) is 19.0 Å². The van der Waals surface area contributed by atoms with E-state index in [1.807, 2.05) is 4.98 Å². The molecule has 0 saturated heterocycles. The van der Waals surface area contributed by atoms with Crippen LogP contribution < -0.4 is 15.6 Å². The van der Waals surface area contributed by atoms with Crippen LogP contribution in [0.2, 0.25) is 0 Å². The van der Waals surface area contributed by atoms with Gasteiger partial charge in [0, 0.05) is 6.04 Å². The quantitative estimate of drug-likeness (QED) is 0.492. The van der Waals surface area contributed by atoms with Crippen LogP contribution in [0.25, 0.3) is 0 Å². The molecular weight excluding hydrogens is 357 g/mol. The number of anilines is 1. The Morgan fingerprint density at radius 1 is 1.38 bits per heavy atom. The zero-order valence-corrected chi connectivity index (χ0v) is 13.4. The van der Waals surface area contributed by atoms with E-state index < -0.39 is 36.3 Å². The van der Waals surface area contributed by atoms with Crippen molar-refractivity contribution in [1.29, 1.82) is 5.41 Å². The maximum Gasteiger partial charge on any atom is 0.573 e. The molecule has 1 atom stereocenters. The van der Waals surface area contributed by atoms with Crippen molar-refractivity contribution in [3.8, 4) is 11.8 Å². The molecule has 11 heteroatoms. The number of aromatic amines is 1. The molecule has 0 spiro atoms. The summed E-state index contributed by atoms with van der Waals surface area (Å²) >= 11 is 0. The number of aromatic hydroxyl groups is 1. The van der Waals surface area contributed by atoms with Gasteiger partial charge in [0.05, 0.1) is 12.3 Å². The molecular formula is C15H15F3N4O4. The Morgan fingerprint density at radius 3 is 2.54 bits per heavy atom. The highest BCUT2D eigenvalue weighted by Crippen LogP contribution is 2.26. The molecule has 2 aromatic rings. The van der Waals surface area contributed by atoms with Gasteiger partial charge in [-0.3, -0.25) is 9.78 Å². The molecule has 26 heavy (non-hydrogen) atoms. The van der Waals surface area contributed by atoms with Crippen LogP contribution >= 0.6 is 0 Å². The first-order chi connectivity index (χ1) is 12.1. The molecule has 140 valence electrons. The van der Waals surface area contributed by atoms with E-state index in [-0.39, 0.29) is 17.1 Å². The van der Waals surface area contributed by atoms with Gasteiger partial charge in [-0.1, -0.05) is 12.1 Å². The second-order valence-corrected chi connectivity index (χ2v) is 5.23. The molecule has 1 unspecified atom stereocenters. The molecule has 2 rings (SSSR count). The van der Waals surface area contributed by atoms with E-state index in [4.69, 9.17) is 10.5 Å². The highest BCUT2D eigenvalue weighted by Gasteiger charge is 2.31. The number of aliphatic hydroxyl groups is 1. The lowest BCUT2D eigenvalue weighted by molar-refractivity contribution is -0.274. The minimum atomic E-state index is -4.79. The summed E-state index contributed by atoms with van der Waals surface area (Å²) in [5, 5.41) is 28.9. The molecule has 0 aliphatic heterocycles. The predicted molar refractivity (Wildman–Crippen MR) is 85.6 cm³/mol. The third kappa shape index (κ3) is 4.72. The van der Waals surface area contributed by atoms with E-state index in [0.717, 1.165) is 12.1 Å². The van der Waals surface area contributed by atoms with Gasteiger partial charge in [0.2, 0.25) is 0 Å². The number of benzene rings is 1. The SMILES string of the molecule is CC(Nc1nc(O)[nH]c(=O)c1C(=N)CO)c1ccc(OC(F)(F)F)cc1. The van der Waals surface area contributed by atoms with Crippen LogP contribution in [-0.4, -0.2) is 38.9 Å². The Morgan fingerprint density at radius 2 is 2.00 bits per heavy atom. The number of hydrogen-bond acceptors (Lipinski definition) is 7. The van der Waals surface area contributed by atoms with Crippen LogP contribution in [0.15, 0.2) is 29.1 Å². The van der Waals surface area contributed by atoms with Gasteiger partial charge in [0.15, 0.2) is 0 Å². The third-order valence-corrected chi connectivity index (χ3v) is 3.33. The Hall–Kier alpha value is -3.08. The lowest BCUT2D eigenvalue weighted by atomic mass is 10.1. The summed E-state index contributed by atoms with van der Waals surface area (Å²) in [6, 6.07) is 3.77. The van der Waals surface area contributed by atoms with E-state index in [1.165, 1.54) is 12.1 Å². The first-order valence-electron chi connectivity index (χ1n) is 7.25. The summed E-state index contributed by atoms with van der Waals surface area (Å²) in [5.74, 6) is -0.531. The molecule has 1 aromatic carbocycles. The normalized spacial score (nSPS) is 12.5. The van der Waals surface area contributed by atoms with E-state index in [2.05, 4.69) is 15.0 Å². The standard InChI is InChI=1S/C15H15F3N4O4/c1-7(8-2-4-9(5-3-8)26-15(16,17)18)20-12-11(10(19)6-23)13(24)22-14(25)21-12/h2-5,7,19,23H,6H2,1H3,(H3,20,21,22,24,25). The lowest BCUT2D eigenvalue weighted by Gasteiger charge is -2.18. The van der Waals surface area contributed by atoms with E-state index in [9.17, 15) is 23.1 Å². The van der Waals surface area contributed by atoms with Crippen LogP contribution in [0.1, 0.15) is 24.1 Å². The largest absolute Gasteiger partial charge is 0.573 e. The molecule has 0 aliphatic carbocycles. The van der Waals surface area contributed by atoms with E-state index >= 15 is 0 Å². The van der Waals surface area contributed by atoms with Crippen LogP contribution in [0.3, 0.4) is 0 Å². The molecule has 0 fully saturated rings. The lowest BCUT2D eigenvalue weighted by Crippen LogP contribution is -2.24. The second kappa shape index (κ2) is 7.44. The smallest absolute Gasteiger partial charge is 0.480 e. The average molecular weight is 372 g/mol. The van der Waals surface area contributed by atoms with Crippen molar-refractivity contribution in [2.75, 3.05) is 11.9 Å². The molecule has 0 bridgehead atoms. The van der Waals surface area contributed by atoms with Crippen LogP contribution in [-0.2, 0) is 0 Å². The highest BCUT2D eigenvalue weighted by molar-refractivity contribution is 6.02. The molecule has 0 amide bonds. The third-order valence-electron chi connectivity index (χ3n) is 3.33. The monoisotopic (exact) mass is 372 g/mol.